The van der Waals surface area contributed by atoms with Crippen LogP contribution >= 0.6 is 0 Å². The molecule has 0 atom stereocenters. The van der Waals surface area contributed by atoms with Crippen LogP contribution in [0.1, 0.15) is 11.3 Å². The summed E-state index contributed by atoms with van der Waals surface area (Å²) in [6.07, 6.45) is -1.57. The molecule has 0 radical (unpaired) electrons. The predicted octanol–water partition coefficient (Wildman–Crippen LogP) is 1.82. The molecule has 0 spiro atoms. The van der Waals surface area contributed by atoms with Crippen molar-refractivity contribution in [3.8, 4) is 0 Å². The fourth-order valence-electron chi connectivity index (χ4n) is 2.14. The number of imidazole rings is 1. The number of ether oxygens (including phenoxy) is 2. The number of hydrogen-bond acceptors (Lipinski definition) is 4. The van der Waals surface area contributed by atoms with Crippen molar-refractivity contribution in [2.75, 3.05) is 19.8 Å². The molecule has 1 aliphatic rings. The van der Waals surface area contributed by atoms with E-state index in [-0.39, 0.29) is 11.9 Å². The summed E-state index contributed by atoms with van der Waals surface area (Å²) >= 11 is 0. The van der Waals surface area contributed by atoms with Gasteiger partial charge >= 0.3 is 6.18 Å². The van der Waals surface area contributed by atoms with Crippen molar-refractivity contribution in [1.29, 1.82) is 0 Å². The van der Waals surface area contributed by atoms with Crippen molar-refractivity contribution < 1.29 is 22.6 Å². The minimum Gasteiger partial charge on any atom is -0.349 e. The van der Waals surface area contributed by atoms with E-state index in [1.54, 1.807) is 10.6 Å². The van der Waals surface area contributed by atoms with Crippen molar-refractivity contribution >= 4 is 5.65 Å². The van der Waals surface area contributed by atoms with Crippen LogP contribution in [0.5, 0.6) is 0 Å². The number of fused-ring (bicyclic) bond motifs is 1. The molecule has 1 N–H and O–H groups in total. The van der Waals surface area contributed by atoms with Crippen molar-refractivity contribution in [2.24, 2.45) is 0 Å². The number of aromatic nitrogens is 2. The van der Waals surface area contributed by atoms with E-state index in [1.165, 1.54) is 6.20 Å². The van der Waals surface area contributed by atoms with Gasteiger partial charge in [-0.25, -0.2) is 4.98 Å². The van der Waals surface area contributed by atoms with Gasteiger partial charge in [-0.2, -0.15) is 13.2 Å². The molecule has 21 heavy (non-hydrogen) atoms. The Balaban J connectivity index is 1.66. The minimum atomic E-state index is -4.36. The van der Waals surface area contributed by atoms with Gasteiger partial charge in [0.25, 0.3) is 0 Å². The SMILES string of the molecule is FC(F)(F)c1ccn2cc(CNCC3OCCO3)nc2c1. The summed E-state index contributed by atoms with van der Waals surface area (Å²) < 4.78 is 50.0. The van der Waals surface area contributed by atoms with Crippen LogP contribution in [0.25, 0.3) is 5.65 Å². The molecule has 0 amide bonds. The quantitative estimate of drug-likeness (QED) is 0.936. The third-order valence-electron chi connectivity index (χ3n) is 3.15. The highest BCUT2D eigenvalue weighted by molar-refractivity contribution is 5.43. The number of pyridine rings is 1. The first-order valence-electron chi connectivity index (χ1n) is 6.51. The van der Waals surface area contributed by atoms with E-state index in [1.807, 2.05) is 0 Å². The molecule has 1 saturated heterocycles. The summed E-state index contributed by atoms with van der Waals surface area (Å²) in [4.78, 5) is 4.17. The number of alkyl halides is 3. The normalized spacial score (nSPS) is 16.9. The zero-order valence-electron chi connectivity index (χ0n) is 11.1. The van der Waals surface area contributed by atoms with Gasteiger partial charge in [0, 0.05) is 25.5 Å². The van der Waals surface area contributed by atoms with E-state index in [0.717, 1.165) is 12.1 Å². The molecule has 0 aromatic carbocycles. The van der Waals surface area contributed by atoms with E-state index in [9.17, 15) is 13.2 Å². The van der Waals surface area contributed by atoms with E-state index < -0.39 is 11.7 Å². The average Bonchev–Trinajstić information content (AvgIpc) is 3.05. The van der Waals surface area contributed by atoms with E-state index in [2.05, 4.69) is 10.3 Å². The fraction of sp³-hybridized carbons (Fsp3) is 0.462. The van der Waals surface area contributed by atoms with Crippen molar-refractivity contribution in [3.63, 3.8) is 0 Å². The second kappa shape index (κ2) is 5.63. The Morgan fingerprint density at radius 3 is 2.81 bits per heavy atom. The molecule has 2 aromatic heterocycles. The first kappa shape index (κ1) is 14.3. The smallest absolute Gasteiger partial charge is 0.349 e. The molecule has 3 heterocycles. The Kier molecular flexibility index (Phi) is 3.83. The van der Waals surface area contributed by atoms with E-state index >= 15 is 0 Å². The van der Waals surface area contributed by atoms with Gasteiger partial charge in [-0.05, 0) is 12.1 Å². The molecule has 2 aromatic rings. The summed E-state index contributed by atoms with van der Waals surface area (Å²) in [6.45, 7) is 2.12. The highest BCUT2D eigenvalue weighted by Gasteiger charge is 2.30. The van der Waals surface area contributed by atoms with Gasteiger partial charge < -0.3 is 19.2 Å². The monoisotopic (exact) mass is 301 g/mol. The molecule has 3 rings (SSSR count). The lowest BCUT2D eigenvalue weighted by molar-refractivity contribution is -0.137. The Labute approximate surface area is 118 Å². The standard InChI is InChI=1S/C13H14F3N3O2/c14-13(15,16)9-1-2-19-8-10(18-11(19)5-9)6-17-7-12-20-3-4-21-12/h1-2,5,8,12,17H,3-4,6-7H2. The number of nitrogens with zero attached hydrogens (tertiary/aromatic N) is 2. The van der Waals surface area contributed by atoms with Crippen LogP contribution in [-0.4, -0.2) is 35.4 Å². The fourth-order valence-corrected chi connectivity index (χ4v) is 2.14. The molecular formula is C13H14F3N3O2. The molecule has 5 nitrogen and oxygen atoms in total. The highest BCUT2D eigenvalue weighted by atomic mass is 19.4. The molecule has 0 saturated carbocycles. The molecule has 0 bridgehead atoms. The molecular weight excluding hydrogens is 287 g/mol. The van der Waals surface area contributed by atoms with Gasteiger partial charge in [0.15, 0.2) is 6.29 Å². The molecule has 8 heteroatoms. The maximum absolute atomic E-state index is 12.6. The summed E-state index contributed by atoms with van der Waals surface area (Å²) in [6, 6.07) is 2.07. The molecule has 0 aliphatic carbocycles. The Morgan fingerprint density at radius 1 is 1.33 bits per heavy atom. The van der Waals surface area contributed by atoms with Crippen LogP contribution in [-0.2, 0) is 22.2 Å². The lowest BCUT2D eigenvalue weighted by Crippen LogP contribution is -2.27. The number of halogens is 3. The lowest BCUT2D eigenvalue weighted by Gasteiger charge is -2.08. The summed E-state index contributed by atoms with van der Waals surface area (Å²) in [5.74, 6) is 0. The second-order valence-corrected chi connectivity index (χ2v) is 4.71. The van der Waals surface area contributed by atoms with Crippen LogP contribution in [0.3, 0.4) is 0 Å². The van der Waals surface area contributed by atoms with Gasteiger partial charge in [-0.3, -0.25) is 0 Å². The van der Waals surface area contributed by atoms with Gasteiger partial charge in [0.1, 0.15) is 5.65 Å². The maximum Gasteiger partial charge on any atom is 0.416 e. The second-order valence-electron chi connectivity index (χ2n) is 4.71. The summed E-state index contributed by atoms with van der Waals surface area (Å²) in [5, 5.41) is 3.10. The summed E-state index contributed by atoms with van der Waals surface area (Å²) in [7, 11) is 0. The maximum atomic E-state index is 12.6. The summed E-state index contributed by atoms with van der Waals surface area (Å²) in [5.41, 5.74) is 0.232. The third-order valence-corrected chi connectivity index (χ3v) is 3.15. The minimum absolute atomic E-state index is 0.265. The van der Waals surface area contributed by atoms with Gasteiger partial charge in [0.2, 0.25) is 0 Å². The first-order chi connectivity index (χ1) is 10.0. The number of rotatable bonds is 4. The Bertz CT molecular complexity index is 621. The zero-order valence-corrected chi connectivity index (χ0v) is 11.1. The molecule has 0 unspecified atom stereocenters. The van der Waals surface area contributed by atoms with Crippen LogP contribution < -0.4 is 5.32 Å². The molecule has 1 fully saturated rings. The van der Waals surface area contributed by atoms with Gasteiger partial charge in [-0.15, -0.1) is 0 Å². The topological polar surface area (TPSA) is 47.8 Å². The van der Waals surface area contributed by atoms with Crippen LogP contribution in [0.15, 0.2) is 24.5 Å². The third kappa shape index (κ3) is 3.34. The Hall–Kier alpha value is -1.64. The first-order valence-corrected chi connectivity index (χ1v) is 6.51. The van der Waals surface area contributed by atoms with Crippen LogP contribution in [0, 0.1) is 0 Å². The molecule has 1 aliphatic heterocycles. The van der Waals surface area contributed by atoms with Crippen molar-refractivity contribution in [1.82, 2.24) is 14.7 Å². The highest BCUT2D eigenvalue weighted by Crippen LogP contribution is 2.29. The van der Waals surface area contributed by atoms with Crippen molar-refractivity contribution in [2.45, 2.75) is 19.0 Å². The van der Waals surface area contributed by atoms with Crippen LogP contribution in [0.4, 0.5) is 13.2 Å². The van der Waals surface area contributed by atoms with E-state index in [0.29, 0.717) is 32.0 Å². The predicted molar refractivity (Wildman–Crippen MR) is 67.6 cm³/mol. The van der Waals surface area contributed by atoms with Gasteiger partial charge in [-0.1, -0.05) is 0 Å². The van der Waals surface area contributed by atoms with Crippen LogP contribution in [0.2, 0.25) is 0 Å². The molecule has 114 valence electrons. The zero-order chi connectivity index (χ0) is 14.9. The number of nitrogens with one attached hydrogen (secondary N) is 1. The van der Waals surface area contributed by atoms with E-state index in [4.69, 9.17) is 9.47 Å². The largest absolute Gasteiger partial charge is 0.416 e. The van der Waals surface area contributed by atoms with Gasteiger partial charge in [0.05, 0.1) is 24.5 Å². The van der Waals surface area contributed by atoms with Crippen molar-refractivity contribution in [3.05, 3.63) is 35.8 Å². The number of hydrogen-bond donors (Lipinski definition) is 1. The lowest BCUT2D eigenvalue weighted by atomic mass is 10.2. The Morgan fingerprint density at radius 2 is 2.10 bits per heavy atom. The average molecular weight is 301 g/mol.